The fraction of sp³-hybridized carbons (Fsp3) is 0.833. The van der Waals surface area contributed by atoms with Crippen LogP contribution in [0.15, 0.2) is 12.3 Å². The van der Waals surface area contributed by atoms with Crippen molar-refractivity contribution in [2.45, 2.75) is 45.4 Å². The predicted octanol–water partition coefficient (Wildman–Crippen LogP) is 2.41. The number of piperidine rings is 1. The summed E-state index contributed by atoms with van der Waals surface area (Å²) < 4.78 is 0. The molecule has 1 aliphatic rings. The molecule has 14 heavy (non-hydrogen) atoms. The van der Waals surface area contributed by atoms with E-state index in [0.717, 1.165) is 18.8 Å². The highest BCUT2D eigenvalue weighted by Gasteiger charge is 2.32. The van der Waals surface area contributed by atoms with Crippen molar-refractivity contribution in [3.63, 3.8) is 0 Å². The Hall–Kier alpha value is -0.500. The van der Waals surface area contributed by atoms with Crippen LogP contribution in [-0.4, -0.2) is 13.1 Å². The molecule has 0 spiro atoms. The summed E-state index contributed by atoms with van der Waals surface area (Å²) in [6.07, 6.45) is 7.48. The maximum Gasteiger partial charge on any atom is 0.0117 e. The van der Waals surface area contributed by atoms with Crippen molar-refractivity contribution < 1.29 is 0 Å². The Morgan fingerprint density at radius 1 is 1.36 bits per heavy atom. The monoisotopic (exact) mass is 196 g/mol. The van der Waals surface area contributed by atoms with Gasteiger partial charge >= 0.3 is 0 Å². The van der Waals surface area contributed by atoms with E-state index in [1.807, 2.05) is 0 Å². The summed E-state index contributed by atoms with van der Waals surface area (Å²) in [6, 6.07) is 0. The van der Waals surface area contributed by atoms with Crippen LogP contribution >= 0.6 is 0 Å². The molecule has 0 aliphatic carbocycles. The molecule has 0 radical (unpaired) electrons. The average molecular weight is 196 g/mol. The largest absolute Gasteiger partial charge is 0.402 e. The summed E-state index contributed by atoms with van der Waals surface area (Å²) >= 11 is 0. The zero-order valence-electron chi connectivity index (χ0n) is 9.44. The third kappa shape index (κ3) is 2.74. The normalized spacial score (nSPS) is 20.6. The van der Waals surface area contributed by atoms with Gasteiger partial charge in [0.2, 0.25) is 0 Å². The third-order valence-corrected chi connectivity index (χ3v) is 3.50. The quantitative estimate of drug-likeness (QED) is 0.663. The maximum absolute atomic E-state index is 5.96. The molecule has 1 heterocycles. The number of unbranched alkanes of at least 4 members (excludes halogenated alkanes) is 2. The molecule has 3 N–H and O–H groups in total. The van der Waals surface area contributed by atoms with Gasteiger partial charge < -0.3 is 11.1 Å². The fourth-order valence-electron chi connectivity index (χ4n) is 2.35. The molecule has 0 atom stereocenters. The van der Waals surface area contributed by atoms with Crippen LogP contribution in [0.3, 0.4) is 0 Å². The van der Waals surface area contributed by atoms with Gasteiger partial charge in [-0.25, -0.2) is 0 Å². The van der Waals surface area contributed by atoms with Crippen molar-refractivity contribution in [3.05, 3.63) is 12.3 Å². The van der Waals surface area contributed by atoms with Crippen LogP contribution < -0.4 is 11.1 Å². The summed E-state index contributed by atoms with van der Waals surface area (Å²) in [7, 11) is 0. The zero-order valence-corrected chi connectivity index (χ0v) is 9.44. The van der Waals surface area contributed by atoms with Crippen LogP contribution in [0.5, 0.6) is 0 Å². The molecule has 0 aromatic rings. The molecule has 2 heteroatoms. The smallest absolute Gasteiger partial charge is 0.0117 e. The van der Waals surface area contributed by atoms with Crippen LogP contribution in [0.1, 0.15) is 45.4 Å². The minimum atomic E-state index is 0.250. The van der Waals surface area contributed by atoms with E-state index in [-0.39, 0.29) is 5.41 Å². The average Bonchev–Trinajstić information content (AvgIpc) is 2.19. The van der Waals surface area contributed by atoms with E-state index in [1.165, 1.54) is 38.5 Å². The van der Waals surface area contributed by atoms with E-state index in [4.69, 9.17) is 5.73 Å². The molecule has 1 rings (SSSR count). The van der Waals surface area contributed by atoms with E-state index in [0.29, 0.717) is 0 Å². The van der Waals surface area contributed by atoms with Crippen molar-refractivity contribution in [2.75, 3.05) is 13.1 Å². The van der Waals surface area contributed by atoms with Gasteiger partial charge in [-0.15, -0.1) is 0 Å². The lowest BCUT2D eigenvalue weighted by Crippen LogP contribution is -2.39. The van der Waals surface area contributed by atoms with E-state index in [9.17, 15) is 0 Å². The second-order valence-corrected chi connectivity index (χ2v) is 4.51. The van der Waals surface area contributed by atoms with Crippen molar-refractivity contribution in [2.24, 2.45) is 11.1 Å². The first-order valence-electron chi connectivity index (χ1n) is 5.87. The first-order chi connectivity index (χ1) is 6.71. The van der Waals surface area contributed by atoms with Gasteiger partial charge in [0.1, 0.15) is 0 Å². The molecule has 0 aromatic carbocycles. The maximum atomic E-state index is 5.96. The van der Waals surface area contributed by atoms with Gasteiger partial charge in [0.05, 0.1) is 0 Å². The Labute approximate surface area is 87.9 Å². The SMILES string of the molecule is C=C(N)C1(CCCCC)CCNCC1. The van der Waals surface area contributed by atoms with Crippen LogP contribution in [0.2, 0.25) is 0 Å². The molecule has 0 bridgehead atoms. The predicted molar refractivity (Wildman–Crippen MR) is 62.0 cm³/mol. The number of allylic oxidation sites excluding steroid dienone is 1. The first kappa shape index (κ1) is 11.6. The molecular weight excluding hydrogens is 172 g/mol. The second-order valence-electron chi connectivity index (χ2n) is 4.51. The number of rotatable bonds is 5. The zero-order chi connectivity index (χ0) is 10.4. The summed E-state index contributed by atoms with van der Waals surface area (Å²) in [6.45, 7) is 8.42. The minimum Gasteiger partial charge on any atom is -0.402 e. The molecule has 1 aliphatic heterocycles. The Morgan fingerprint density at radius 3 is 2.50 bits per heavy atom. The molecule has 2 nitrogen and oxygen atoms in total. The molecular formula is C12H24N2. The Morgan fingerprint density at radius 2 is 2.00 bits per heavy atom. The van der Waals surface area contributed by atoms with Gasteiger partial charge in [0, 0.05) is 11.1 Å². The van der Waals surface area contributed by atoms with Gasteiger partial charge in [0.15, 0.2) is 0 Å². The number of hydrogen-bond acceptors (Lipinski definition) is 2. The highest BCUT2D eigenvalue weighted by molar-refractivity contribution is 5.08. The fourth-order valence-corrected chi connectivity index (χ4v) is 2.35. The minimum absolute atomic E-state index is 0.250. The van der Waals surface area contributed by atoms with Crippen molar-refractivity contribution in [1.82, 2.24) is 5.32 Å². The molecule has 0 aromatic heterocycles. The van der Waals surface area contributed by atoms with Crippen LogP contribution in [0.4, 0.5) is 0 Å². The second kappa shape index (κ2) is 5.40. The Kier molecular flexibility index (Phi) is 4.46. The topological polar surface area (TPSA) is 38.0 Å². The summed E-state index contributed by atoms with van der Waals surface area (Å²) in [5, 5.41) is 3.39. The summed E-state index contributed by atoms with van der Waals surface area (Å²) in [5.74, 6) is 0. The van der Waals surface area contributed by atoms with Crippen molar-refractivity contribution in [3.8, 4) is 0 Å². The van der Waals surface area contributed by atoms with Gasteiger partial charge in [0.25, 0.3) is 0 Å². The molecule has 82 valence electrons. The van der Waals surface area contributed by atoms with Gasteiger partial charge in [-0.2, -0.15) is 0 Å². The number of nitrogens with two attached hydrogens (primary N) is 1. The lowest BCUT2D eigenvalue weighted by molar-refractivity contribution is 0.226. The highest BCUT2D eigenvalue weighted by atomic mass is 14.9. The van der Waals surface area contributed by atoms with Gasteiger partial charge in [-0.1, -0.05) is 32.8 Å². The van der Waals surface area contributed by atoms with Gasteiger partial charge in [-0.05, 0) is 32.4 Å². The van der Waals surface area contributed by atoms with Crippen LogP contribution in [0.25, 0.3) is 0 Å². The van der Waals surface area contributed by atoms with E-state index in [2.05, 4.69) is 18.8 Å². The number of nitrogens with one attached hydrogen (secondary N) is 1. The first-order valence-corrected chi connectivity index (χ1v) is 5.87. The van der Waals surface area contributed by atoms with Crippen LogP contribution in [0, 0.1) is 5.41 Å². The lowest BCUT2D eigenvalue weighted by atomic mass is 9.73. The number of hydrogen-bond donors (Lipinski definition) is 2. The Balaban J connectivity index is 2.47. The van der Waals surface area contributed by atoms with Crippen LogP contribution in [-0.2, 0) is 0 Å². The molecule has 0 saturated carbocycles. The summed E-state index contributed by atoms with van der Waals surface area (Å²) in [4.78, 5) is 0. The highest BCUT2D eigenvalue weighted by Crippen LogP contribution is 2.38. The van der Waals surface area contributed by atoms with E-state index < -0.39 is 0 Å². The van der Waals surface area contributed by atoms with Crippen molar-refractivity contribution >= 4 is 0 Å². The molecule has 1 fully saturated rings. The Bertz CT molecular complexity index is 181. The lowest BCUT2D eigenvalue weighted by Gasteiger charge is -2.38. The molecule has 1 saturated heterocycles. The van der Waals surface area contributed by atoms with E-state index in [1.54, 1.807) is 0 Å². The molecule has 0 amide bonds. The van der Waals surface area contributed by atoms with E-state index >= 15 is 0 Å². The summed E-state index contributed by atoms with van der Waals surface area (Å²) in [5.41, 5.74) is 7.12. The standard InChI is InChI=1S/C12H24N2/c1-3-4-5-6-12(11(2)13)7-9-14-10-8-12/h14H,2-10,13H2,1H3. The van der Waals surface area contributed by atoms with Crippen molar-refractivity contribution in [1.29, 1.82) is 0 Å². The molecule has 0 unspecified atom stereocenters. The van der Waals surface area contributed by atoms with Gasteiger partial charge in [-0.3, -0.25) is 0 Å². The third-order valence-electron chi connectivity index (χ3n) is 3.50.